The molecule has 0 aromatic rings. The molecular formula is C12H23NO. The van der Waals surface area contributed by atoms with E-state index in [1.165, 1.54) is 38.6 Å². The largest absolute Gasteiger partial charge is 0.383 e. The Morgan fingerprint density at radius 2 is 2.00 bits per heavy atom. The fourth-order valence-corrected chi connectivity index (χ4v) is 3.39. The van der Waals surface area contributed by atoms with Crippen LogP contribution in [-0.2, 0) is 4.74 Å². The van der Waals surface area contributed by atoms with Gasteiger partial charge < -0.3 is 9.64 Å². The molecule has 2 fully saturated rings. The molecule has 0 bridgehead atoms. The van der Waals surface area contributed by atoms with Crippen LogP contribution >= 0.6 is 0 Å². The number of nitrogens with zero attached hydrogens (tertiary/aromatic N) is 1. The van der Waals surface area contributed by atoms with E-state index in [4.69, 9.17) is 4.74 Å². The van der Waals surface area contributed by atoms with E-state index < -0.39 is 0 Å². The Morgan fingerprint density at radius 3 is 2.79 bits per heavy atom. The number of hydrogen-bond donors (Lipinski definition) is 0. The molecule has 0 aromatic heterocycles. The first-order valence-corrected chi connectivity index (χ1v) is 6.02. The molecule has 0 radical (unpaired) electrons. The SMILES string of the molecule is COCC1C2CCCCC2CCN1C. The molecule has 14 heavy (non-hydrogen) atoms. The molecule has 0 aromatic carbocycles. The lowest BCUT2D eigenvalue weighted by Crippen LogP contribution is -2.50. The van der Waals surface area contributed by atoms with E-state index in [1.807, 2.05) is 7.11 Å². The number of hydrogen-bond acceptors (Lipinski definition) is 2. The second kappa shape index (κ2) is 4.63. The number of likely N-dealkylation sites (tertiary alicyclic amines) is 1. The first-order chi connectivity index (χ1) is 6.83. The zero-order chi connectivity index (χ0) is 9.97. The number of methoxy groups -OCH3 is 1. The molecule has 1 saturated carbocycles. The van der Waals surface area contributed by atoms with Gasteiger partial charge in [0.15, 0.2) is 0 Å². The van der Waals surface area contributed by atoms with Crippen molar-refractivity contribution in [3.05, 3.63) is 0 Å². The molecule has 1 aliphatic carbocycles. The summed E-state index contributed by atoms with van der Waals surface area (Å²) in [5, 5.41) is 0. The molecule has 1 heterocycles. The molecule has 2 heteroatoms. The highest BCUT2D eigenvalue weighted by atomic mass is 16.5. The van der Waals surface area contributed by atoms with Crippen molar-refractivity contribution in [3.8, 4) is 0 Å². The minimum Gasteiger partial charge on any atom is -0.383 e. The van der Waals surface area contributed by atoms with Crippen molar-refractivity contribution >= 4 is 0 Å². The molecule has 0 spiro atoms. The third kappa shape index (κ3) is 1.96. The molecule has 2 aliphatic rings. The summed E-state index contributed by atoms with van der Waals surface area (Å²) >= 11 is 0. The highest BCUT2D eigenvalue weighted by molar-refractivity contribution is 4.90. The number of piperidine rings is 1. The van der Waals surface area contributed by atoms with E-state index in [9.17, 15) is 0 Å². The fourth-order valence-electron chi connectivity index (χ4n) is 3.39. The van der Waals surface area contributed by atoms with Crippen molar-refractivity contribution in [1.82, 2.24) is 4.90 Å². The van der Waals surface area contributed by atoms with E-state index >= 15 is 0 Å². The van der Waals surface area contributed by atoms with Crippen molar-refractivity contribution in [2.24, 2.45) is 11.8 Å². The normalized spacial score (nSPS) is 39.4. The number of ether oxygens (including phenoxy) is 1. The minimum atomic E-state index is 0.694. The Balaban J connectivity index is 2.01. The van der Waals surface area contributed by atoms with E-state index in [2.05, 4.69) is 11.9 Å². The van der Waals surface area contributed by atoms with Gasteiger partial charge in [-0.05, 0) is 38.3 Å². The van der Waals surface area contributed by atoms with Gasteiger partial charge in [0.05, 0.1) is 6.61 Å². The minimum absolute atomic E-state index is 0.694. The number of likely N-dealkylation sites (N-methyl/N-ethyl adjacent to an activating group) is 1. The average molecular weight is 197 g/mol. The van der Waals surface area contributed by atoms with Crippen LogP contribution in [0, 0.1) is 11.8 Å². The van der Waals surface area contributed by atoms with Crippen molar-refractivity contribution < 1.29 is 4.74 Å². The van der Waals surface area contributed by atoms with Gasteiger partial charge in [0, 0.05) is 13.2 Å². The molecule has 1 saturated heterocycles. The summed E-state index contributed by atoms with van der Waals surface area (Å²) in [5.41, 5.74) is 0. The van der Waals surface area contributed by atoms with Gasteiger partial charge in [-0.1, -0.05) is 19.3 Å². The molecule has 0 amide bonds. The maximum absolute atomic E-state index is 5.36. The van der Waals surface area contributed by atoms with Crippen LogP contribution in [0.2, 0.25) is 0 Å². The van der Waals surface area contributed by atoms with E-state index in [0.717, 1.165) is 18.4 Å². The fraction of sp³-hybridized carbons (Fsp3) is 1.00. The highest BCUT2D eigenvalue weighted by Crippen LogP contribution is 2.39. The van der Waals surface area contributed by atoms with E-state index in [-0.39, 0.29) is 0 Å². The third-order valence-electron chi connectivity index (χ3n) is 4.22. The summed E-state index contributed by atoms with van der Waals surface area (Å²) < 4.78 is 5.36. The topological polar surface area (TPSA) is 12.5 Å². The standard InChI is InChI=1S/C12H23NO/c1-13-8-7-10-5-3-4-6-11(10)12(13)9-14-2/h10-12H,3-9H2,1-2H3. The summed E-state index contributed by atoms with van der Waals surface area (Å²) in [5.74, 6) is 1.92. The van der Waals surface area contributed by atoms with Gasteiger partial charge in [-0.2, -0.15) is 0 Å². The summed E-state index contributed by atoms with van der Waals surface area (Å²) in [6, 6.07) is 0.694. The van der Waals surface area contributed by atoms with Crippen LogP contribution in [0.15, 0.2) is 0 Å². The summed E-state index contributed by atoms with van der Waals surface area (Å²) in [7, 11) is 4.09. The van der Waals surface area contributed by atoms with Crippen LogP contribution in [0.25, 0.3) is 0 Å². The second-order valence-electron chi connectivity index (χ2n) is 5.00. The monoisotopic (exact) mass is 197 g/mol. The molecule has 3 unspecified atom stereocenters. The third-order valence-corrected chi connectivity index (χ3v) is 4.22. The Labute approximate surface area is 87.6 Å². The van der Waals surface area contributed by atoms with Crippen LogP contribution in [0.5, 0.6) is 0 Å². The molecule has 1 aliphatic heterocycles. The van der Waals surface area contributed by atoms with E-state index in [0.29, 0.717) is 6.04 Å². The lowest BCUT2D eigenvalue weighted by molar-refractivity contribution is -0.00351. The Kier molecular flexibility index (Phi) is 3.45. The number of fused-ring (bicyclic) bond motifs is 1. The van der Waals surface area contributed by atoms with Crippen LogP contribution in [-0.4, -0.2) is 38.3 Å². The van der Waals surface area contributed by atoms with Crippen molar-refractivity contribution in [2.45, 2.75) is 38.1 Å². The Bertz CT molecular complexity index is 181. The van der Waals surface area contributed by atoms with Gasteiger partial charge in [-0.25, -0.2) is 0 Å². The maximum atomic E-state index is 5.36. The summed E-state index contributed by atoms with van der Waals surface area (Å²) in [4.78, 5) is 2.51. The van der Waals surface area contributed by atoms with Gasteiger partial charge in [0.25, 0.3) is 0 Å². The Hall–Kier alpha value is -0.0800. The lowest BCUT2D eigenvalue weighted by atomic mass is 9.71. The average Bonchev–Trinajstić information content (AvgIpc) is 2.23. The van der Waals surface area contributed by atoms with Gasteiger partial charge in [0.1, 0.15) is 0 Å². The molecule has 0 N–H and O–H groups in total. The van der Waals surface area contributed by atoms with E-state index in [1.54, 1.807) is 0 Å². The predicted octanol–water partition coefficient (Wildman–Crippen LogP) is 2.14. The quantitative estimate of drug-likeness (QED) is 0.672. The zero-order valence-corrected chi connectivity index (χ0v) is 9.54. The van der Waals surface area contributed by atoms with Gasteiger partial charge >= 0.3 is 0 Å². The van der Waals surface area contributed by atoms with Crippen molar-refractivity contribution in [1.29, 1.82) is 0 Å². The first kappa shape index (κ1) is 10.4. The molecule has 2 nitrogen and oxygen atoms in total. The second-order valence-corrected chi connectivity index (χ2v) is 5.00. The Morgan fingerprint density at radius 1 is 1.21 bits per heavy atom. The number of rotatable bonds is 2. The van der Waals surface area contributed by atoms with Crippen LogP contribution in [0.1, 0.15) is 32.1 Å². The van der Waals surface area contributed by atoms with Gasteiger partial charge in [0.2, 0.25) is 0 Å². The van der Waals surface area contributed by atoms with Crippen LogP contribution < -0.4 is 0 Å². The smallest absolute Gasteiger partial charge is 0.0620 e. The molecule has 2 rings (SSSR count). The van der Waals surface area contributed by atoms with Crippen LogP contribution in [0.3, 0.4) is 0 Å². The molecule has 3 atom stereocenters. The zero-order valence-electron chi connectivity index (χ0n) is 9.54. The van der Waals surface area contributed by atoms with Crippen LogP contribution in [0.4, 0.5) is 0 Å². The first-order valence-electron chi connectivity index (χ1n) is 6.02. The van der Waals surface area contributed by atoms with Crippen molar-refractivity contribution in [3.63, 3.8) is 0 Å². The highest BCUT2D eigenvalue weighted by Gasteiger charge is 2.37. The molecule has 82 valence electrons. The van der Waals surface area contributed by atoms with Gasteiger partial charge in [-0.15, -0.1) is 0 Å². The molecular weight excluding hydrogens is 174 g/mol. The van der Waals surface area contributed by atoms with Crippen molar-refractivity contribution in [2.75, 3.05) is 27.3 Å². The predicted molar refractivity (Wildman–Crippen MR) is 58.4 cm³/mol. The summed E-state index contributed by atoms with van der Waals surface area (Å²) in [6.45, 7) is 2.20. The maximum Gasteiger partial charge on any atom is 0.0620 e. The van der Waals surface area contributed by atoms with Gasteiger partial charge in [-0.3, -0.25) is 0 Å². The summed E-state index contributed by atoms with van der Waals surface area (Å²) in [6.07, 6.45) is 7.23. The lowest BCUT2D eigenvalue weighted by Gasteiger charge is -2.46.